The molecule has 0 spiro atoms. The first-order valence-electron chi connectivity index (χ1n) is 5.70. The number of nitrogens with zero attached hydrogens (tertiary/aromatic N) is 2. The van der Waals surface area contributed by atoms with Gasteiger partial charge in [0.15, 0.2) is 0 Å². The van der Waals surface area contributed by atoms with Gasteiger partial charge in [-0.2, -0.15) is 17.5 Å². The second-order valence-corrected chi connectivity index (χ2v) is 5.92. The summed E-state index contributed by atoms with van der Waals surface area (Å²) in [5, 5.41) is 0. The highest BCUT2D eigenvalue weighted by Gasteiger charge is 2.36. The number of rotatable bonds is 6. The number of nitrogen functional groups attached to an aromatic ring is 1. The van der Waals surface area contributed by atoms with Crippen LogP contribution < -0.4 is 11.3 Å². The van der Waals surface area contributed by atoms with Crippen LogP contribution in [0.4, 0.5) is 19.0 Å². The molecule has 20 heavy (non-hydrogen) atoms. The maximum absolute atomic E-state index is 12.4. The van der Waals surface area contributed by atoms with Crippen molar-refractivity contribution in [2.24, 2.45) is 5.84 Å². The van der Waals surface area contributed by atoms with Crippen LogP contribution in [0.15, 0.2) is 23.2 Å². The van der Waals surface area contributed by atoms with Crippen LogP contribution in [0.5, 0.6) is 0 Å². The minimum absolute atomic E-state index is 0.210. The van der Waals surface area contributed by atoms with E-state index in [1.54, 1.807) is 6.92 Å². The molecule has 0 saturated heterocycles. The lowest BCUT2D eigenvalue weighted by Crippen LogP contribution is -2.39. The van der Waals surface area contributed by atoms with Crippen molar-refractivity contribution in [2.45, 2.75) is 24.4 Å². The summed E-state index contributed by atoms with van der Waals surface area (Å²) in [6, 6.07) is 2.42. The number of hydrogen-bond acceptors (Lipinski definition) is 5. The Morgan fingerprint density at radius 1 is 1.40 bits per heavy atom. The number of anilines is 1. The summed E-state index contributed by atoms with van der Waals surface area (Å²) in [7, 11) is -4.24. The van der Waals surface area contributed by atoms with Crippen LogP contribution in [-0.2, 0) is 10.0 Å². The maximum Gasteiger partial charge on any atom is 0.402 e. The van der Waals surface area contributed by atoms with Gasteiger partial charge in [0.1, 0.15) is 17.3 Å². The molecule has 3 N–H and O–H groups in total. The van der Waals surface area contributed by atoms with E-state index in [0.717, 1.165) is 12.3 Å². The lowest BCUT2D eigenvalue weighted by Gasteiger charge is -2.22. The van der Waals surface area contributed by atoms with E-state index in [1.165, 1.54) is 6.07 Å². The minimum Gasteiger partial charge on any atom is -0.308 e. The summed E-state index contributed by atoms with van der Waals surface area (Å²) in [5.74, 6) is 5.29. The van der Waals surface area contributed by atoms with E-state index >= 15 is 0 Å². The fraction of sp³-hybridized carbons (Fsp3) is 0.500. The van der Waals surface area contributed by atoms with Crippen LogP contribution in [0.1, 0.15) is 13.3 Å². The van der Waals surface area contributed by atoms with E-state index in [-0.39, 0.29) is 23.7 Å². The molecule has 1 aromatic heterocycles. The molecule has 0 aliphatic heterocycles. The van der Waals surface area contributed by atoms with Crippen LogP contribution >= 0.6 is 0 Å². The number of aromatic nitrogens is 1. The van der Waals surface area contributed by atoms with Gasteiger partial charge in [-0.05, 0) is 18.6 Å². The normalized spacial score (nSPS) is 12.7. The van der Waals surface area contributed by atoms with Crippen molar-refractivity contribution in [2.75, 3.05) is 18.5 Å². The molecule has 1 aromatic rings. The summed E-state index contributed by atoms with van der Waals surface area (Å²) in [6.07, 6.45) is -3.37. The third kappa shape index (κ3) is 4.32. The van der Waals surface area contributed by atoms with E-state index in [9.17, 15) is 21.6 Å². The van der Waals surface area contributed by atoms with Gasteiger partial charge >= 0.3 is 6.18 Å². The van der Waals surface area contributed by atoms with Crippen LogP contribution in [-0.4, -0.2) is 37.0 Å². The number of pyridine rings is 1. The summed E-state index contributed by atoms with van der Waals surface area (Å²) >= 11 is 0. The second-order valence-electron chi connectivity index (χ2n) is 3.98. The van der Waals surface area contributed by atoms with Crippen LogP contribution in [0.25, 0.3) is 0 Å². The van der Waals surface area contributed by atoms with Crippen molar-refractivity contribution in [3.05, 3.63) is 18.3 Å². The highest BCUT2D eigenvalue weighted by atomic mass is 32.2. The Hall–Kier alpha value is -1.39. The van der Waals surface area contributed by atoms with E-state index in [0.29, 0.717) is 4.31 Å². The molecular formula is C10H15F3N4O2S. The smallest absolute Gasteiger partial charge is 0.308 e. The summed E-state index contributed by atoms with van der Waals surface area (Å²) in [6.45, 7) is -0.155. The predicted molar refractivity (Wildman–Crippen MR) is 67.2 cm³/mol. The SMILES string of the molecule is CCCN(CC(F)(F)F)S(=O)(=O)c1ccc(NN)nc1. The Bertz CT molecular complexity index is 530. The van der Waals surface area contributed by atoms with Crippen molar-refractivity contribution in [1.29, 1.82) is 0 Å². The van der Waals surface area contributed by atoms with Gasteiger partial charge in [-0.3, -0.25) is 0 Å². The van der Waals surface area contributed by atoms with Gasteiger partial charge in [-0.15, -0.1) is 0 Å². The zero-order valence-corrected chi connectivity index (χ0v) is 11.5. The fourth-order valence-electron chi connectivity index (χ4n) is 1.50. The Morgan fingerprint density at radius 2 is 2.05 bits per heavy atom. The van der Waals surface area contributed by atoms with Gasteiger partial charge in [-0.25, -0.2) is 19.2 Å². The lowest BCUT2D eigenvalue weighted by atomic mass is 10.5. The van der Waals surface area contributed by atoms with Crippen LogP contribution in [0, 0.1) is 0 Å². The van der Waals surface area contributed by atoms with Crippen molar-refractivity contribution < 1.29 is 21.6 Å². The van der Waals surface area contributed by atoms with Crippen molar-refractivity contribution in [1.82, 2.24) is 9.29 Å². The largest absolute Gasteiger partial charge is 0.402 e. The monoisotopic (exact) mass is 312 g/mol. The molecule has 0 aromatic carbocycles. The van der Waals surface area contributed by atoms with Gasteiger partial charge in [0.2, 0.25) is 10.0 Å². The summed E-state index contributed by atoms with van der Waals surface area (Å²) in [5.41, 5.74) is 2.20. The quantitative estimate of drug-likeness (QED) is 0.611. The van der Waals surface area contributed by atoms with E-state index in [4.69, 9.17) is 5.84 Å². The van der Waals surface area contributed by atoms with Gasteiger partial charge in [-0.1, -0.05) is 6.92 Å². The van der Waals surface area contributed by atoms with Crippen molar-refractivity contribution in [3.63, 3.8) is 0 Å². The molecule has 1 rings (SSSR count). The molecule has 0 atom stereocenters. The third-order valence-corrected chi connectivity index (χ3v) is 4.18. The summed E-state index contributed by atoms with van der Waals surface area (Å²) < 4.78 is 62.0. The predicted octanol–water partition coefficient (Wildman–Crippen LogP) is 1.33. The number of alkyl halides is 3. The summed E-state index contributed by atoms with van der Waals surface area (Å²) in [4.78, 5) is 3.37. The van der Waals surface area contributed by atoms with Gasteiger partial charge in [0.25, 0.3) is 0 Å². The highest BCUT2D eigenvalue weighted by molar-refractivity contribution is 7.89. The molecule has 114 valence electrons. The van der Waals surface area contributed by atoms with E-state index in [1.807, 2.05) is 0 Å². The molecule has 0 bridgehead atoms. The Labute approximate surface area is 114 Å². The second kappa shape index (κ2) is 6.37. The molecule has 0 amide bonds. The molecule has 1 heterocycles. The number of nitrogens with one attached hydrogen (secondary N) is 1. The number of halogens is 3. The number of nitrogens with two attached hydrogens (primary N) is 1. The Morgan fingerprint density at radius 3 is 2.45 bits per heavy atom. The van der Waals surface area contributed by atoms with Gasteiger partial charge in [0.05, 0.1) is 0 Å². The van der Waals surface area contributed by atoms with Crippen molar-refractivity contribution in [3.8, 4) is 0 Å². The average molecular weight is 312 g/mol. The molecular weight excluding hydrogens is 297 g/mol. The molecule has 0 saturated carbocycles. The zero-order chi connectivity index (χ0) is 15.4. The average Bonchev–Trinajstić information content (AvgIpc) is 2.37. The molecule has 6 nitrogen and oxygen atoms in total. The van der Waals surface area contributed by atoms with Crippen LogP contribution in [0.2, 0.25) is 0 Å². The van der Waals surface area contributed by atoms with Gasteiger partial charge in [0, 0.05) is 12.7 Å². The number of sulfonamides is 1. The lowest BCUT2D eigenvalue weighted by molar-refractivity contribution is -0.136. The van der Waals surface area contributed by atoms with E-state index in [2.05, 4.69) is 10.4 Å². The molecule has 0 aliphatic carbocycles. The first kappa shape index (κ1) is 16.7. The Balaban J connectivity index is 3.08. The first-order valence-corrected chi connectivity index (χ1v) is 7.14. The molecule has 0 fully saturated rings. The molecule has 10 heteroatoms. The number of hydrazine groups is 1. The highest BCUT2D eigenvalue weighted by Crippen LogP contribution is 2.23. The van der Waals surface area contributed by atoms with Crippen molar-refractivity contribution >= 4 is 15.8 Å². The van der Waals surface area contributed by atoms with Crippen LogP contribution in [0.3, 0.4) is 0 Å². The molecule has 0 radical (unpaired) electrons. The Kier molecular flexibility index (Phi) is 5.31. The zero-order valence-electron chi connectivity index (χ0n) is 10.7. The first-order chi connectivity index (χ1) is 9.20. The van der Waals surface area contributed by atoms with Gasteiger partial charge < -0.3 is 5.43 Å². The number of hydrogen-bond donors (Lipinski definition) is 2. The molecule has 0 aliphatic rings. The topological polar surface area (TPSA) is 88.3 Å². The van der Waals surface area contributed by atoms with E-state index < -0.39 is 22.7 Å². The molecule has 0 unspecified atom stereocenters. The minimum atomic E-state index is -4.60. The third-order valence-electron chi connectivity index (χ3n) is 2.35. The standard InChI is InChI=1S/C10H15F3N4O2S/c1-2-5-17(7-10(11,12)13)20(18,19)8-3-4-9(16-14)15-6-8/h3-4,6H,2,5,7,14H2,1H3,(H,15,16). The fourth-order valence-corrected chi connectivity index (χ4v) is 2.96. The maximum atomic E-state index is 12.4.